The van der Waals surface area contributed by atoms with Crippen molar-refractivity contribution >= 4 is 11.8 Å². The molecule has 0 aromatic carbocycles. The van der Waals surface area contributed by atoms with Gasteiger partial charge in [0.15, 0.2) is 0 Å². The Bertz CT molecular complexity index is 609. The van der Waals surface area contributed by atoms with Gasteiger partial charge in [0, 0.05) is 25.3 Å². The number of rotatable bonds is 23. The molecule has 1 aliphatic rings. The summed E-state index contributed by atoms with van der Waals surface area (Å²) in [5.41, 5.74) is 8.07. The zero-order chi connectivity index (χ0) is 27.3. The molecular weight excluding hydrogens is 458 g/mol. The lowest BCUT2D eigenvalue weighted by Crippen LogP contribution is -2.36. The zero-order valence-corrected chi connectivity index (χ0v) is 24.6. The van der Waals surface area contributed by atoms with Gasteiger partial charge in [-0.05, 0) is 76.0 Å². The maximum Gasteiger partial charge on any atom is 0.303 e. The predicted octanol–water partition coefficient (Wildman–Crippen LogP) is 9.40. The molecule has 1 rings (SSSR count). The number of carbonyl (C=O) groups excluding carboxylic acids is 1. The summed E-state index contributed by atoms with van der Waals surface area (Å²) in [5.74, 6) is 1.46. The first-order valence-electron chi connectivity index (χ1n) is 15.9. The molecule has 3 N–H and O–H groups in total. The van der Waals surface area contributed by atoms with Crippen molar-refractivity contribution in [2.24, 2.45) is 23.5 Å². The van der Waals surface area contributed by atoms with Crippen molar-refractivity contribution in [3.8, 4) is 0 Å². The molecule has 1 aliphatic carbocycles. The number of Topliss-reactive ketones (excluding diaryl/α,β-unsaturated/α-hetero) is 1. The average molecular weight is 520 g/mol. The summed E-state index contributed by atoms with van der Waals surface area (Å²) < 4.78 is 0. The lowest BCUT2D eigenvalue weighted by atomic mass is 9.79. The van der Waals surface area contributed by atoms with Gasteiger partial charge in [0.2, 0.25) is 0 Å². The fourth-order valence-electron chi connectivity index (χ4n) is 6.17. The molecule has 0 aromatic rings. The molecule has 1 fully saturated rings. The highest BCUT2D eigenvalue weighted by atomic mass is 16.4. The molecule has 0 aromatic heterocycles. The number of carboxylic acids is 1. The lowest BCUT2D eigenvalue weighted by molar-refractivity contribution is -0.137. The van der Waals surface area contributed by atoms with Gasteiger partial charge in [-0.25, -0.2) is 0 Å². The van der Waals surface area contributed by atoms with Gasteiger partial charge in [-0.3, -0.25) is 9.59 Å². The maximum atomic E-state index is 12.2. The van der Waals surface area contributed by atoms with E-state index in [1.807, 2.05) is 0 Å². The predicted molar refractivity (Wildman–Crippen MR) is 158 cm³/mol. The number of hydrogen-bond donors (Lipinski definition) is 2. The Kier molecular flexibility index (Phi) is 19.9. The van der Waals surface area contributed by atoms with Crippen LogP contribution in [0.3, 0.4) is 0 Å². The average Bonchev–Trinajstić information content (AvgIpc) is 3.13. The van der Waals surface area contributed by atoms with Gasteiger partial charge in [0.1, 0.15) is 5.78 Å². The second kappa shape index (κ2) is 21.7. The maximum absolute atomic E-state index is 12.2. The second-order valence-electron chi connectivity index (χ2n) is 12.4. The number of carboxylic acid groups (broad SMARTS) is 1. The van der Waals surface area contributed by atoms with E-state index >= 15 is 0 Å². The van der Waals surface area contributed by atoms with Crippen molar-refractivity contribution < 1.29 is 14.7 Å². The summed E-state index contributed by atoms with van der Waals surface area (Å²) in [7, 11) is 0. The highest BCUT2D eigenvalue weighted by Gasteiger charge is 2.24. The Labute approximate surface area is 229 Å². The van der Waals surface area contributed by atoms with Crippen LogP contribution in [-0.2, 0) is 9.59 Å². The summed E-state index contributed by atoms with van der Waals surface area (Å²) in [4.78, 5) is 23.3. The van der Waals surface area contributed by atoms with Gasteiger partial charge in [-0.1, -0.05) is 89.5 Å². The Morgan fingerprint density at radius 2 is 1.35 bits per heavy atom. The van der Waals surface area contributed by atoms with Crippen molar-refractivity contribution in [2.45, 2.75) is 168 Å². The number of ketones is 1. The molecule has 0 radical (unpaired) electrons. The van der Waals surface area contributed by atoms with Crippen LogP contribution in [0.25, 0.3) is 0 Å². The van der Waals surface area contributed by atoms with Gasteiger partial charge in [0.25, 0.3) is 0 Å². The van der Waals surface area contributed by atoms with E-state index in [2.05, 4.69) is 20.4 Å². The van der Waals surface area contributed by atoms with Crippen LogP contribution in [0, 0.1) is 17.8 Å². The third-order valence-corrected chi connectivity index (χ3v) is 8.76. The van der Waals surface area contributed by atoms with Crippen LogP contribution in [0.5, 0.6) is 0 Å². The number of nitrogens with two attached hydrogens (primary N) is 1. The normalized spacial score (nSPS) is 17.2. The van der Waals surface area contributed by atoms with Gasteiger partial charge in [-0.2, -0.15) is 0 Å². The second-order valence-corrected chi connectivity index (χ2v) is 12.4. The summed E-state index contributed by atoms with van der Waals surface area (Å²) in [6.07, 6.45) is 25.5. The molecule has 0 spiro atoms. The molecular formula is C33H61NO3. The summed E-state index contributed by atoms with van der Waals surface area (Å²) in [6, 6.07) is 0.150. The molecule has 3 atom stereocenters. The van der Waals surface area contributed by atoms with Crippen LogP contribution in [-0.4, -0.2) is 22.9 Å². The Morgan fingerprint density at radius 1 is 0.784 bits per heavy atom. The Morgan fingerprint density at radius 3 is 1.95 bits per heavy atom. The Hall–Kier alpha value is -1.16. The van der Waals surface area contributed by atoms with Crippen molar-refractivity contribution in [1.82, 2.24) is 0 Å². The highest BCUT2D eigenvalue weighted by Crippen LogP contribution is 2.31. The van der Waals surface area contributed by atoms with E-state index in [1.54, 1.807) is 0 Å². The molecule has 0 saturated heterocycles. The van der Waals surface area contributed by atoms with Crippen LogP contribution in [0.4, 0.5) is 0 Å². The standard InChI is InChI=1S/C33H61NO3/c1-27(2)17-10-5-4-6-14-22-31(35)23-15-9-11-18-28(3)33(34)30(21-16-24-32(36)37)26-25-29-19-12-7-8-13-20-29/h28-30,33H,1,4-26,34H2,2-3H3,(H,36,37). The third-order valence-electron chi connectivity index (χ3n) is 8.76. The molecule has 0 bridgehead atoms. The van der Waals surface area contributed by atoms with Gasteiger partial charge >= 0.3 is 5.97 Å². The minimum atomic E-state index is -0.697. The first-order chi connectivity index (χ1) is 17.8. The Balaban J connectivity index is 2.24. The van der Waals surface area contributed by atoms with Gasteiger partial charge < -0.3 is 10.8 Å². The lowest BCUT2D eigenvalue weighted by Gasteiger charge is -2.30. The van der Waals surface area contributed by atoms with Crippen LogP contribution >= 0.6 is 0 Å². The van der Waals surface area contributed by atoms with Gasteiger partial charge in [-0.15, -0.1) is 6.58 Å². The number of allylic oxidation sites excluding steroid dienone is 1. The van der Waals surface area contributed by atoms with Crippen molar-refractivity contribution in [1.29, 1.82) is 0 Å². The molecule has 1 saturated carbocycles. The number of carbonyl (C=O) groups is 2. The van der Waals surface area contributed by atoms with Crippen LogP contribution in [0.2, 0.25) is 0 Å². The van der Waals surface area contributed by atoms with E-state index in [0.29, 0.717) is 17.6 Å². The molecule has 37 heavy (non-hydrogen) atoms. The summed E-state index contributed by atoms with van der Waals surface area (Å²) in [5, 5.41) is 9.09. The van der Waals surface area contributed by atoms with Gasteiger partial charge in [0.05, 0.1) is 0 Å². The summed E-state index contributed by atoms with van der Waals surface area (Å²) in [6.45, 7) is 8.33. The summed E-state index contributed by atoms with van der Waals surface area (Å²) >= 11 is 0. The van der Waals surface area contributed by atoms with E-state index in [9.17, 15) is 9.59 Å². The minimum absolute atomic E-state index is 0.150. The first-order valence-corrected chi connectivity index (χ1v) is 15.9. The van der Waals surface area contributed by atoms with E-state index in [-0.39, 0.29) is 12.5 Å². The topological polar surface area (TPSA) is 80.4 Å². The van der Waals surface area contributed by atoms with Crippen LogP contribution < -0.4 is 5.73 Å². The van der Waals surface area contributed by atoms with E-state index < -0.39 is 5.97 Å². The zero-order valence-electron chi connectivity index (χ0n) is 24.6. The monoisotopic (exact) mass is 519 g/mol. The van der Waals surface area contributed by atoms with Crippen LogP contribution in [0.15, 0.2) is 12.2 Å². The highest BCUT2D eigenvalue weighted by molar-refractivity contribution is 5.78. The van der Waals surface area contributed by atoms with Crippen molar-refractivity contribution in [2.75, 3.05) is 0 Å². The van der Waals surface area contributed by atoms with Crippen molar-refractivity contribution in [3.05, 3.63) is 12.2 Å². The third kappa shape index (κ3) is 18.7. The molecule has 4 nitrogen and oxygen atoms in total. The number of hydrogen-bond acceptors (Lipinski definition) is 3. The van der Waals surface area contributed by atoms with E-state index in [1.165, 1.54) is 76.2 Å². The van der Waals surface area contributed by atoms with Crippen molar-refractivity contribution in [3.63, 3.8) is 0 Å². The molecule has 0 amide bonds. The quantitative estimate of drug-likeness (QED) is 0.0800. The SMILES string of the molecule is C=C(C)CCCCCCCC(=O)CCCCCC(C)C(N)C(CCCC(=O)O)CCC1CCCCCC1. The fraction of sp³-hybridized carbons (Fsp3) is 0.879. The molecule has 216 valence electrons. The minimum Gasteiger partial charge on any atom is -0.481 e. The van der Waals surface area contributed by atoms with Crippen LogP contribution in [0.1, 0.15) is 162 Å². The number of unbranched alkanes of at least 4 members (excludes halogenated alkanes) is 6. The smallest absolute Gasteiger partial charge is 0.303 e. The first kappa shape index (κ1) is 33.9. The molecule has 0 aliphatic heterocycles. The van der Waals surface area contributed by atoms with E-state index in [4.69, 9.17) is 10.8 Å². The fourth-order valence-corrected chi connectivity index (χ4v) is 6.17. The molecule has 3 unspecified atom stereocenters. The largest absolute Gasteiger partial charge is 0.481 e. The van der Waals surface area contributed by atoms with E-state index in [0.717, 1.165) is 76.5 Å². The molecule has 0 heterocycles. The number of aliphatic carboxylic acids is 1. The molecule has 4 heteroatoms.